The summed E-state index contributed by atoms with van der Waals surface area (Å²) in [6.07, 6.45) is 0. The smallest absolute Gasteiger partial charge is 0.325 e. The van der Waals surface area contributed by atoms with Crippen LogP contribution in [-0.4, -0.2) is 29.3 Å². The van der Waals surface area contributed by atoms with Gasteiger partial charge >= 0.3 is 6.03 Å². The van der Waals surface area contributed by atoms with Crippen molar-refractivity contribution in [2.75, 3.05) is 6.54 Å². The van der Waals surface area contributed by atoms with E-state index in [1.807, 2.05) is 54.8 Å². The van der Waals surface area contributed by atoms with Crippen molar-refractivity contribution >= 4 is 29.2 Å². The van der Waals surface area contributed by atoms with Gasteiger partial charge in [0.25, 0.3) is 5.91 Å². The highest BCUT2D eigenvalue weighted by molar-refractivity contribution is 7.10. The van der Waals surface area contributed by atoms with Crippen molar-refractivity contribution in [2.45, 2.75) is 25.4 Å². The monoisotopic (exact) mass is 458 g/mol. The van der Waals surface area contributed by atoms with Crippen LogP contribution in [0.3, 0.4) is 0 Å². The molecule has 0 unspecified atom stereocenters. The van der Waals surface area contributed by atoms with Gasteiger partial charge in [0.15, 0.2) is 0 Å². The SMILES string of the molecule is Cc1ccc([C@H](NC(=O)CN2C(=O)N[C@](C)(c3ccc(C#N)cc3)C2=O)c2cccs2)cc1. The molecule has 0 spiro atoms. The first-order valence-corrected chi connectivity index (χ1v) is 11.2. The quantitative estimate of drug-likeness (QED) is 0.551. The number of nitriles is 1. The number of nitrogens with one attached hydrogen (secondary N) is 2. The van der Waals surface area contributed by atoms with Gasteiger partial charge in [-0.3, -0.25) is 14.5 Å². The minimum absolute atomic E-state index is 0.385. The third kappa shape index (κ3) is 4.36. The predicted molar refractivity (Wildman–Crippen MR) is 124 cm³/mol. The van der Waals surface area contributed by atoms with Gasteiger partial charge in [0.2, 0.25) is 5.91 Å². The van der Waals surface area contributed by atoms with E-state index in [1.54, 1.807) is 31.2 Å². The van der Waals surface area contributed by atoms with E-state index in [0.717, 1.165) is 20.9 Å². The number of hydrogen-bond acceptors (Lipinski definition) is 5. The second-order valence-electron chi connectivity index (χ2n) is 8.06. The Morgan fingerprint density at radius 1 is 1.15 bits per heavy atom. The molecule has 2 atom stereocenters. The predicted octanol–water partition coefficient (Wildman–Crippen LogP) is 3.60. The van der Waals surface area contributed by atoms with Crippen LogP contribution in [0.4, 0.5) is 4.79 Å². The fourth-order valence-electron chi connectivity index (χ4n) is 3.80. The highest BCUT2D eigenvalue weighted by Gasteiger charge is 2.49. The van der Waals surface area contributed by atoms with E-state index in [2.05, 4.69) is 10.6 Å². The number of carbonyl (C=O) groups excluding carboxylic acids is 3. The van der Waals surface area contributed by atoms with Crippen LogP contribution in [0.25, 0.3) is 0 Å². The number of thiophene rings is 1. The van der Waals surface area contributed by atoms with E-state index in [1.165, 1.54) is 11.3 Å². The van der Waals surface area contributed by atoms with Crippen LogP contribution in [0, 0.1) is 18.3 Å². The summed E-state index contributed by atoms with van der Waals surface area (Å²) in [5.74, 6) is -0.961. The van der Waals surface area contributed by atoms with Crippen molar-refractivity contribution < 1.29 is 14.4 Å². The molecule has 4 amide bonds. The minimum Gasteiger partial charge on any atom is -0.343 e. The van der Waals surface area contributed by atoms with Crippen LogP contribution in [0.1, 0.15) is 40.1 Å². The molecule has 1 aromatic heterocycles. The van der Waals surface area contributed by atoms with Crippen molar-refractivity contribution in [1.82, 2.24) is 15.5 Å². The van der Waals surface area contributed by atoms with Gasteiger partial charge in [0.1, 0.15) is 12.1 Å². The molecule has 1 saturated heterocycles. The molecule has 166 valence electrons. The van der Waals surface area contributed by atoms with Crippen LogP contribution in [-0.2, 0) is 15.1 Å². The summed E-state index contributed by atoms with van der Waals surface area (Å²) in [6.45, 7) is 3.18. The van der Waals surface area contributed by atoms with Gasteiger partial charge in [0, 0.05) is 4.88 Å². The second-order valence-corrected chi connectivity index (χ2v) is 9.04. The molecule has 2 heterocycles. The third-order valence-corrected chi connectivity index (χ3v) is 6.65. The molecule has 0 aliphatic carbocycles. The summed E-state index contributed by atoms with van der Waals surface area (Å²) >= 11 is 1.52. The number of imide groups is 1. The van der Waals surface area contributed by atoms with E-state index in [4.69, 9.17) is 5.26 Å². The van der Waals surface area contributed by atoms with Crippen LogP contribution < -0.4 is 10.6 Å². The van der Waals surface area contributed by atoms with Crippen molar-refractivity contribution in [3.05, 3.63) is 93.2 Å². The standard InChI is InChI=1S/C25H22N4O3S/c1-16-5-9-18(10-6-16)22(20-4-3-13-33-20)27-21(30)15-29-23(31)25(2,28-24(29)32)19-11-7-17(14-26)8-12-19/h3-13,22H,15H2,1-2H3,(H,27,30)(H,28,32)/t22-,25+/m0/s1. The average molecular weight is 459 g/mol. The summed E-state index contributed by atoms with van der Waals surface area (Å²) in [5.41, 5.74) is 1.70. The number of nitrogens with zero attached hydrogens (tertiary/aromatic N) is 2. The Labute approximate surface area is 195 Å². The van der Waals surface area contributed by atoms with Crippen molar-refractivity contribution in [3.8, 4) is 6.07 Å². The van der Waals surface area contributed by atoms with Crippen LogP contribution in [0.2, 0.25) is 0 Å². The molecular formula is C25H22N4O3S. The second kappa shape index (κ2) is 8.88. The molecule has 8 heteroatoms. The van der Waals surface area contributed by atoms with Gasteiger partial charge in [-0.1, -0.05) is 48.0 Å². The molecule has 2 aromatic carbocycles. The van der Waals surface area contributed by atoms with Crippen LogP contribution in [0.5, 0.6) is 0 Å². The Morgan fingerprint density at radius 2 is 1.85 bits per heavy atom. The Bertz CT molecular complexity index is 1230. The van der Waals surface area contributed by atoms with Crippen molar-refractivity contribution in [2.24, 2.45) is 0 Å². The van der Waals surface area contributed by atoms with Crippen molar-refractivity contribution in [3.63, 3.8) is 0 Å². The van der Waals surface area contributed by atoms with Gasteiger partial charge in [-0.15, -0.1) is 11.3 Å². The Morgan fingerprint density at radius 3 is 2.45 bits per heavy atom. The highest BCUT2D eigenvalue weighted by Crippen LogP contribution is 2.30. The van der Waals surface area contributed by atoms with Crippen LogP contribution >= 0.6 is 11.3 Å². The maximum absolute atomic E-state index is 13.1. The number of hydrogen-bond donors (Lipinski definition) is 2. The molecule has 0 saturated carbocycles. The number of carbonyl (C=O) groups is 3. The van der Waals surface area contributed by atoms with Crippen LogP contribution in [0.15, 0.2) is 66.0 Å². The van der Waals surface area contributed by atoms with Gasteiger partial charge < -0.3 is 10.6 Å². The van der Waals surface area contributed by atoms with Gasteiger partial charge in [-0.25, -0.2) is 4.79 Å². The first-order chi connectivity index (χ1) is 15.8. The molecule has 0 radical (unpaired) electrons. The molecular weight excluding hydrogens is 436 g/mol. The number of rotatable bonds is 6. The molecule has 4 rings (SSSR count). The molecule has 1 fully saturated rings. The molecule has 1 aliphatic heterocycles. The topological polar surface area (TPSA) is 102 Å². The highest BCUT2D eigenvalue weighted by atomic mass is 32.1. The molecule has 3 aromatic rings. The van der Waals surface area contributed by atoms with E-state index >= 15 is 0 Å². The summed E-state index contributed by atoms with van der Waals surface area (Å²) in [6, 6.07) is 19.1. The number of aryl methyl sites for hydroxylation is 1. The largest absolute Gasteiger partial charge is 0.343 e. The fraction of sp³-hybridized carbons (Fsp3) is 0.200. The lowest BCUT2D eigenvalue weighted by atomic mass is 9.91. The number of benzene rings is 2. The lowest BCUT2D eigenvalue weighted by Gasteiger charge is -2.23. The maximum Gasteiger partial charge on any atom is 0.325 e. The zero-order valence-corrected chi connectivity index (χ0v) is 19.0. The minimum atomic E-state index is -1.31. The average Bonchev–Trinajstić information content (AvgIpc) is 3.42. The van der Waals surface area contributed by atoms with Gasteiger partial charge in [-0.05, 0) is 48.6 Å². The molecule has 1 aliphatic rings. The van der Waals surface area contributed by atoms with E-state index < -0.39 is 29.9 Å². The molecule has 0 bridgehead atoms. The van der Waals surface area contributed by atoms with E-state index in [-0.39, 0.29) is 6.04 Å². The first kappa shape index (κ1) is 22.2. The zero-order valence-electron chi connectivity index (χ0n) is 18.2. The lowest BCUT2D eigenvalue weighted by molar-refractivity contribution is -0.135. The molecule has 33 heavy (non-hydrogen) atoms. The number of amides is 4. The summed E-state index contributed by atoms with van der Waals surface area (Å²) in [5, 5.41) is 16.6. The number of urea groups is 1. The Kier molecular flexibility index (Phi) is 5.99. The normalized spacial score (nSPS) is 18.5. The van der Waals surface area contributed by atoms with E-state index in [9.17, 15) is 14.4 Å². The van der Waals surface area contributed by atoms with E-state index in [0.29, 0.717) is 11.1 Å². The zero-order chi connectivity index (χ0) is 23.6. The van der Waals surface area contributed by atoms with Gasteiger partial charge in [0.05, 0.1) is 17.7 Å². The Balaban J connectivity index is 1.52. The Hall–Kier alpha value is -3.96. The summed E-state index contributed by atoms with van der Waals surface area (Å²) < 4.78 is 0. The summed E-state index contributed by atoms with van der Waals surface area (Å²) in [4.78, 5) is 40.6. The van der Waals surface area contributed by atoms with Crippen molar-refractivity contribution in [1.29, 1.82) is 5.26 Å². The fourth-order valence-corrected chi connectivity index (χ4v) is 4.60. The first-order valence-electron chi connectivity index (χ1n) is 10.4. The summed E-state index contributed by atoms with van der Waals surface area (Å²) in [7, 11) is 0. The molecule has 2 N–H and O–H groups in total. The lowest BCUT2D eigenvalue weighted by Crippen LogP contribution is -2.44. The molecule has 7 nitrogen and oxygen atoms in total. The third-order valence-electron chi connectivity index (χ3n) is 5.71. The van der Waals surface area contributed by atoms with Gasteiger partial charge in [-0.2, -0.15) is 5.26 Å². The maximum atomic E-state index is 13.1.